The minimum absolute atomic E-state index is 0.483. The molecular weight excluding hydrogens is 310 g/mol. The first-order chi connectivity index (χ1) is 11.7. The minimum Gasteiger partial charge on any atom is -0.229 e. The lowest BCUT2D eigenvalue weighted by molar-refractivity contribution is 0.172. The molecule has 3 saturated carbocycles. The average molecular weight is 346 g/mol. The minimum atomic E-state index is 0.483. The topological polar surface area (TPSA) is 12.4 Å². The van der Waals surface area contributed by atoms with Gasteiger partial charge in [-0.15, -0.1) is 0 Å². The Morgan fingerprint density at radius 2 is 1.17 bits per heavy atom. The maximum atomic E-state index is 4.75. The fraction of sp³-hybridized carbons (Fsp3) is 0.864. The number of aliphatic imine (C=N–C) groups is 1. The summed E-state index contributed by atoms with van der Waals surface area (Å²) in [6, 6.07) is 0.483. The van der Waals surface area contributed by atoms with Gasteiger partial charge >= 0.3 is 0 Å². The molecule has 0 amide bonds. The normalized spacial score (nSPS) is 41.0. The van der Waals surface area contributed by atoms with Crippen LogP contribution in [0, 0.1) is 29.6 Å². The van der Waals surface area contributed by atoms with Crippen molar-refractivity contribution < 1.29 is 0 Å². The van der Waals surface area contributed by atoms with Crippen molar-refractivity contribution in [3.63, 3.8) is 0 Å². The second-order valence-corrected chi connectivity index (χ2v) is 9.05. The first-order valence-corrected chi connectivity index (χ1v) is 10.9. The van der Waals surface area contributed by atoms with E-state index in [0.717, 1.165) is 29.6 Å². The first kappa shape index (κ1) is 18.3. The van der Waals surface area contributed by atoms with E-state index in [9.17, 15) is 0 Å². The molecule has 0 heterocycles. The smallest absolute Gasteiger partial charge is 0.0603 e. The van der Waals surface area contributed by atoms with Crippen molar-refractivity contribution in [2.75, 3.05) is 0 Å². The van der Waals surface area contributed by atoms with Crippen LogP contribution in [0.1, 0.15) is 84.0 Å². The number of allylic oxidation sites excluding steroid dienone is 2. The van der Waals surface area contributed by atoms with Gasteiger partial charge in [0.05, 0.1) is 11.2 Å². The first-order valence-electron chi connectivity index (χ1n) is 10.5. The van der Waals surface area contributed by atoms with Crippen LogP contribution in [0.4, 0.5) is 0 Å². The highest BCUT2D eigenvalue weighted by Gasteiger charge is 2.30. The van der Waals surface area contributed by atoms with E-state index in [1.807, 2.05) is 0 Å². The van der Waals surface area contributed by atoms with Crippen molar-refractivity contribution >= 4 is 17.4 Å². The van der Waals surface area contributed by atoms with E-state index in [2.05, 4.69) is 29.2 Å². The van der Waals surface area contributed by atoms with Crippen LogP contribution in [0.5, 0.6) is 0 Å². The monoisotopic (exact) mass is 345 g/mol. The van der Waals surface area contributed by atoms with E-state index in [-0.39, 0.29) is 0 Å². The highest BCUT2D eigenvalue weighted by molar-refractivity contribution is 7.78. The van der Waals surface area contributed by atoms with Gasteiger partial charge in [0.1, 0.15) is 0 Å². The third-order valence-corrected chi connectivity index (χ3v) is 7.28. The Kier molecular flexibility index (Phi) is 7.10. The Morgan fingerprint density at radius 1 is 0.708 bits per heavy atom. The summed E-state index contributed by atoms with van der Waals surface area (Å²) in [4.78, 5) is 4.30. The van der Waals surface area contributed by atoms with E-state index in [0.29, 0.717) is 6.04 Å². The molecule has 3 rings (SSSR count). The average Bonchev–Trinajstić information content (AvgIpc) is 2.63. The summed E-state index contributed by atoms with van der Waals surface area (Å²) in [7, 11) is 0. The van der Waals surface area contributed by atoms with Crippen LogP contribution >= 0.6 is 12.2 Å². The van der Waals surface area contributed by atoms with E-state index < -0.39 is 0 Å². The predicted molar refractivity (Wildman–Crippen MR) is 106 cm³/mol. The van der Waals surface area contributed by atoms with Crippen LogP contribution in [-0.2, 0) is 0 Å². The Bertz CT molecular complexity index is 441. The molecule has 0 spiro atoms. The highest BCUT2D eigenvalue weighted by atomic mass is 32.1. The van der Waals surface area contributed by atoms with Crippen molar-refractivity contribution in [1.29, 1.82) is 0 Å². The molecule has 0 bridgehead atoms. The molecule has 0 aromatic carbocycles. The van der Waals surface area contributed by atoms with Crippen molar-refractivity contribution in [3.8, 4) is 0 Å². The summed E-state index contributed by atoms with van der Waals surface area (Å²) in [5.41, 5.74) is 0. The van der Waals surface area contributed by atoms with E-state index in [1.54, 1.807) is 0 Å². The van der Waals surface area contributed by atoms with Gasteiger partial charge in [-0.2, -0.15) is 0 Å². The van der Waals surface area contributed by atoms with Gasteiger partial charge in [0, 0.05) is 0 Å². The Hall–Kier alpha value is -0.460. The molecule has 0 atom stereocenters. The van der Waals surface area contributed by atoms with Gasteiger partial charge in [-0.1, -0.05) is 31.9 Å². The van der Waals surface area contributed by atoms with Gasteiger partial charge < -0.3 is 0 Å². The quantitative estimate of drug-likeness (QED) is 0.309. The van der Waals surface area contributed by atoms with Crippen LogP contribution in [0.15, 0.2) is 17.1 Å². The summed E-state index contributed by atoms with van der Waals surface area (Å²) in [6.07, 6.45) is 22.0. The molecule has 0 N–H and O–H groups in total. The van der Waals surface area contributed by atoms with Crippen molar-refractivity contribution in [2.45, 2.75) is 90.0 Å². The Labute approximate surface area is 154 Å². The fourth-order valence-corrected chi connectivity index (χ4v) is 5.53. The molecule has 0 aromatic heterocycles. The van der Waals surface area contributed by atoms with E-state index in [1.165, 1.54) is 77.0 Å². The van der Waals surface area contributed by atoms with Crippen molar-refractivity contribution in [2.24, 2.45) is 34.6 Å². The van der Waals surface area contributed by atoms with Gasteiger partial charge in [-0.3, -0.25) is 0 Å². The maximum absolute atomic E-state index is 4.75. The molecule has 3 fully saturated rings. The molecule has 0 aliphatic heterocycles. The number of nitrogens with zero attached hydrogens (tertiary/aromatic N) is 1. The fourth-order valence-electron chi connectivity index (χ4n) is 5.38. The Morgan fingerprint density at radius 3 is 1.67 bits per heavy atom. The molecule has 0 saturated heterocycles. The zero-order valence-corrected chi connectivity index (χ0v) is 16.3. The molecule has 3 aliphatic carbocycles. The molecule has 134 valence electrons. The third-order valence-electron chi connectivity index (χ3n) is 7.18. The van der Waals surface area contributed by atoms with Crippen LogP contribution in [-0.4, -0.2) is 11.2 Å². The lowest BCUT2D eigenvalue weighted by atomic mass is 9.70. The van der Waals surface area contributed by atoms with E-state index >= 15 is 0 Å². The summed E-state index contributed by atoms with van der Waals surface area (Å²) in [5.74, 6) is 4.68. The molecular formula is C22H35NS. The molecule has 1 nitrogen and oxygen atoms in total. The Balaban J connectivity index is 1.37. The second-order valence-electron chi connectivity index (χ2n) is 8.87. The number of thiocarbonyl (C=S) groups is 1. The number of hydrogen-bond donors (Lipinski definition) is 0. The standard InChI is InChI=1S/C22H35NS/c1-17-2-4-18(5-3-17)6-7-19-8-10-20(11-9-19)21-12-14-22(15-13-21)23-16-24/h6-7,17-22H,2-5,8-15H2,1H3. The zero-order valence-electron chi connectivity index (χ0n) is 15.5. The van der Waals surface area contributed by atoms with Crippen molar-refractivity contribution in [3.05, 3.63) is 12.2 Å². The lowest BCUT2D eigenvalue weighted by Crippen LogP contribution is -2.26. The van der Waals surface area contributed by atoms with Crippen LogP contribution < -0.4 is 0 Å². The van der Waals surface area contributed by atoms with Crippen LogP contribution in [0.3, 0.4) is 0 Å². The predicted octanol–water partition coefficient (Wildman–Crippen LogP) is 6.84. The SMILES string of the molecule is CC1CCC(C=CC2CCC(C3CCC(N=C=S)CC3)CC2)CC1. The van der Waals surface area contributed by atoms with Crippen molar-refractivity contribution in [1.82, 2.24) is 0 Å². The lowest BCUT2D eigenvalue weighted by Gasteiger charge is -2.36. The highest BCUT2D eigenvalue weighted by Crippen LogP contribution is 2.41. The molecule has 24 heavy (non-hydrogen) atoms. The van der Waals surface area contributed by atoms with E-state index in [4.69, 9.17) is 12.2 Å². The zero-order chi connectivity index (χ0) is 16.8. The number of rotatable bonds is 4. The van der Waals surface area contributed by atoms with Gasteiger partial charge in [-0.05, 0) is 106 Å². The summed E-state index contributed by atoms with van der Waals surface area (Å²) in [6.45, 7) is 2.41. The molecule has 0 unspecified atom stereocenters. The molecule has 2 heteroatoms. The summed E-state index contributed by atoms with van der Waals surface area (Å²) < 4.78 is 0. The van der Waals surface area contributed by atoms with Gasteiger partial charge in [0.15, 0.2) is 0 Å². The van der Waals surface area contributed by atoms with Crippen LogP contribution in [0.25, 0.3) is 0 Å². The van der Waals surface area contributed by atoms with Gasteiger partial charge in [0.2, 0.25) is 0 Å². The van der Waals surface area contributed by atoms with Gasteiger partial charge in [-0.25, -0.2) is 4.99 Å². The third kappa shape index (κ3) is 5.27. The largest absolute Gasteiger partial charge is 0.229 e. The second kappa shape index (κ2) is 9.30. The molecule has 0 radical (unpaired) electrons. The summed E-state index contributed by atoms with van der Waals surface area (Å²) in [5, 5.41) is 2.58. The summed E-state index contributed by atoms with van der Waals surface area (Å²) >= 11 is 4.75. The maximum Gasteiger partial charge on any atom is 0.0603 e. The molecule has 3 aliphatic rings. The van der Waals surface area contributed by atoms with Gasteiger partial charge in [0.25, 0.3) is 0 Å². The molecule has 0 aromatic rings. The van der Waals surface area contributed by atoms with Crippen LogP contribution in [0.2, 0.25) is 0 Å². The number of hydrogen-bond acceptors (Lipinski definition) is 2. The number of isothiocyanates is 1.